The normalized spacial score (nSPS) is 13.7. The van der Waals surface area contributed by atoms with Crippen LogP contribution in [-0.4, -0.2) is 31.3 Å². The van der Waals surface area contributed by atoms with E-state index in [1.807, 2.05) is 12.1 Å². The standard InChI is InChI=1S/C21H22N2O4S/c1-25-14-11-16(27-3)15(26-2)10-12(14)8-9-18-22-20(24)19-13-6-4-5-7-17(13)28-21(19)23-18/h8-11H,4-7H2,1-3H3,(H,22,23,24)/b9-8+. The molecule has 4 rings (SSSR count). The quantitative estimate of drug-likeness (QED) is 0.702. The van der Waals surface area contributed by atoms with Gasteiger partial charge >= 0.3 is 0 Å². The summed E-state index contributed by atoms with van der Waals surface area (Å²) in [6.07, 6.45) is 7.96. The van der Waals surface area contributed by atoms with Gasteiger partial charge in [-0.1, -0.05) is 0 Å². The minimum atomic E-state index is -0.0664. The van der Waals surface area contributed by atoms with E-state index >= 15 is 0 Å². The highest BCUT2D eigenvalue weighted by Crippen LogP contribution is 2.36. The van der Waals surface area contributed by atoms with Gasteiger partial charge in [-0.2, -0.15) is 0 Å². The summed E-state index contributed by atoms with van der Waals surface area (Å²) < 4.78 is 16.1. The van der Waals surface area contributed by atoms with Crippen LogP contribution < -0.4 is 19.8 Å². The van der Waals surface area contributed by atoms with E-state index in [0.29, 0.717) is 23.1 Å². The summed E-state index contributed by atoms with van der Waals surface area (Å²) >= 11 is 1.64. The number of nitrogens with zero attached hydrogens (tertiary/aromatic N) is 1. The van der Waals surface area contributed by atoms with Crippen molar-refractivity contribution in [3.8, 4) is 17.2 Å². The fraction of sp³-hybridized carbons (Fsp3) is 0.333. The van der Waals surface area contributed by atoms with Crippen molar-refractivity contribution in [2.75, 3.05) is 21.3 Å². The molecule has 0 aliphatic heterocycles. The van der Waals surface area contributed by atoms with Gasteiger partial charge in [-0.15, -0.1) is 11.3 Å². The fourth-order valence-corrected chi connectivity index (χ4v) is 4.88. The monoisotopic (exact) mass is 398 g/mol. The lowest BCUT2D eigenvalue weighted by molar-refractivity contribution is 0.348. The van der Waals surface area contributed by atoms with E-state index in [1.54, 1.807) is 44.8 Å². The molecule has 1 N–H and O–H groups in total. The van der Waals surface area contributed by atoms with E-state index < -0.39 is 0 Å². The molecule has 6 nitrogen and oxygen atoms in total. The highest BCUT2D eigenvalue weighted by atomic mass is 32.1. The highest BCUT2D eigenvalue weighted by Gasteiger charge is 2.19. The highest BCUT2D eigenvalue weighted by molar-refractivity contribution is 7.18. The summed E-state index contributed by atoms with van der Waals surface area (Å²) in [4.78, 5) is 22.4. The number of methoxy groups -OCH3 is 3. The van der Waals surface area contributed by atoms with Crippen molar-refractivity contribution in [3.63, 3.8) is 0 Å². The van der Waals surface area contributed by atoms with Crippen LogP contribution in [-0.2, 0) is 12.8 Å². The number of ether oxygens (including phenoxy) is 3. The molecule has 146 valence electrons. The van der Waals surface area contributed by atoms with Crippen LogP contribution in [0.4, 0.5) is 0 Å². The van der Waals surface area contributed by atoms with Gasteiger partial charge in [0, 0.05) is 16.5 Å². The lowest BCUT2D eigenvalue weighted by atomic mass is 9.97. The van der Waals surface area contributed by atoms with Crippen LogP contribution in [0.25, 0.3) is 22.4 Å². The Labute approximate surface area is 166 Å². The van der Waals surface area contributed by atoms with Crippen LogP contribution in [0, 0.1) is 0 Å². The molecule has 2 heterocycles. The third-order valence-corrected chi connectivity index (χ3v) is 6.19. The molecule has 0 saturated carbocycles. The van der Waals surface area contributed by atoms with E-state index in [1.165, 1.54) is 16.9 Å². The molecule has 0 fully saturated rings. The Bertz CT molecular complexity index is 1110. The zero-order valence-electron chi connectivity index (χ0n) is 16.1. The lowest BCUT2D eigenvalue weighted by Crippen LogP contribution is -2.11. The number of aromatic amines is 1. The first-order valence-electron chi connectivity index (χ1n) is 9.17. The van der Waals surface area contributed by atoms with Gasteiger partial charge in [-0.25, -0.2) is 4.98 Å². The minimum absolute atomic E-state index is 0.0664. The smallest absolute Gasteiger partial charge is 0.260 e. The summed E-state index contributed by atoms with van der Waals surface area (Å²) in [6, 6.07) is 3.60. The Hall–Kier alpha value is -2.80. The SMILES string of the molecule is COc1cc(OC)c(OC)cc1/C=C/c1nc2sc3c(c2c(=O)[nH]1)CCCC3. The molecular weight excluding hydrogens is 376 g/mol. The molecule has 0 bridgehead atoms. The molecule has 0 radical (unpaired) electrons. The number of aromatic nitrogens is 2. The van der Waals surface area contributed by atoms with E-state index in [-0.39, 0.29) is 5.56 Å². The first kappa shape index (κ1) is 18.6. The van der Waals surface area contributed by atoms with Crippen LogP contribution in [0.3, 0.4) is 0 Å². The molecule has 1 aliphatic carbocycles. The molecule has 7 heteroatoms. The first-order valence-corrected chi connectivity index (χ1v) is 9.99. The minimum Gasteiger partial charge on any atom is -0.496 e. The number of rotatable bonds is 5. The molecule has 1 aliphatic rings. The second-order valence-electron chi connectivity index (χ2n) is 6.62. The van der Waals surface area contributed by atoms with Crippen molar-refractivity contribution in [1.29, 1.82) is 0 Å². The zero-order valence-corrected chi connectivity index (χ0v) is 16.9. The molecule has 3 aromatic rings. The van der Waals surface area contributed by atoms with E-state index in [4.69, 9.17) is 14.2 Å². The van der Waals surface area contributed by atoms with Gasteiger partial charge < -0.3 is 19.2 Å². The number of fused-ring (bicyclic) bond motifs is 3. The molecule has 0 spiro atoms. The van der Waals surface area contributed by atoms with Gasteiger partial charge in [0.1, 0.15) is 16.4 Å². The Morgan fingerprint density at radius 1 is 1.00 bits per heavy atom. The summed E-state index contributed by atoms with van der Waals surface area (Å²) in [5, 5.41) is 0.764. The number of thiophene rings is 1. The van der Waals surface area contributed by atoms with E-state index in [2.05, 4.69) is 9.97 Å². The average Bonchev–Trinajstić information content (AvgIpc) is 3.10. The molecule has 0 unspecified atom stereocenters. The Balaban J connectivity index is 1.74. The molecular formula is C21H22N2O4S. The third-order valence-electron chi connectivity index (χ3n) is 5.00. The second-order valence-corrected chi connectivity index (χ2v) is 7.71. The van der Waals surface area contributed by atoms with Crippen molar-refractivity contribution in [1.82, 2.24) is 9.97 Å². The predicted octanol–water partition coefficient (Wildman–Crippen LogP) is 4.06. The van der Waals surface area contributed by atoms with Crippen molar-refractivity contribution in [2.24, 2.45) is 0 Å². The number of nitrogens with one attached hydrogen (secondary N) is 1. The van der Waals surface area contributed by atoms with E-state index in [0.717, 1.165) is 35.0 Å². The maximum Gasteiger partial charge on any atom is 0.260 e. The Morgan fingerprint density at radius 3 is 2.46 bits per heavy atom. The average molecular weight is 398 g/mol. The predicted molar refractivity (Wildman–Crippen MR) is 112 cm³/mol. The number of hydrogen-bond acceptors (Lipinski definition) is 6. The summed E-state index contributed by atoms with van der Waals surface area (Å²) in [5.74, 6) is 2.36. The van der Waals surface area contributed by atoms with Crippen molar-refractivity contribution in [2.45, 2.75) is 25.7 Å². The van der Waals surface area contributed by atoms with Crippen LogP contribution in [0.15, 0.2) is 16.9 Å². The molecule has 28 heavy (non-hydrogen) atoms. The van der Waals surface area contributed by atoms with Gasteiger partial charge in [-0.05, 0) is 49.5 Å². The Kier molecular flexibility index (Phi) is 5.09. The topological polar surface area (TPSA) is 73.4 Å². The third kappa shape index (κ3) is 3.26. The van der Waals surface area contributed by atoms with E-state index in [9.17, 15) is 4.79 Å². The first-order chi connectivity index (χ1) is 13.6. The number of hydrogen-bond donors (Lipinski definition) is 1. The van der Waals surface area contributed by atoms with Crippen molar-refractivity contribution < 1.29 is 14.2 Å². The number of benzene rings is 1. The molecule has 1 aromatic carbocycles. The van der Waals surface area contributed by atoms with Gasteiger partial charge in [-0.3, -0.25) is 4.79 Å². The largest absolute Gasteiger partial charge is 0.496 e. The molecule has 0 atom stereocenters. The summed E-state index contributed by atoms with van der Waals surface area (Å²) in [7, 11) is 4.77. The fourth-order valence-electron chi connectivity index (χ4n) is 3.61. The summed E-state index contributed by atoms with van der Waals surface area (Å²) in [5.41, 5.74) is 1.92. The van der Waals surface area contributed by atoms with Gasteiger partial charge in [0.25, 0.3) is 5.56 Å². The maximum atomic E-state index is 12.7. The number of aryl methyl sites for hydroxylation is 2. The van der Waals surface area contributed by atoms with Crippen LogP contribution in [0.2, 0.25) is 0 Å². The van der Waals surface area contributed by atoms with Crippen molar-refractivity contribution in [3.05, 3.63) is 44.3 Å². The lowest BCUT2D eigenvalue weighted by Gasteiger charge is -2.12. The van der Waals surface area contributed by atoms with Crippen LogP contribution in [0.1, 0.15) is 34.7 Å². The van der Waals surface area contributed by atoms with Crippen LogP contribution in [0.5, 0.6) is 17.2 Å². The van der Waals surface area contributed by atoms with Gasteiger partial charge in [0.05, 0.1) is 26.7 Å². The van der Waals surface area contributed by atoms with Gasteiger partial charge in [0.2, 0.25) is 0 Å². The van der Waals surface area contributed by atoms with Crippen LogP contribution >= 0.6 is 11.3 Å². The second kappa shape index (κ2) is 7.67. The number of H-pyrrole nitrogens is 1. The molecule has 2 aromatic heterocycles. The zero-order chi connectivity index (χ0) is 19.7. The maximum absolute atomic E-state index is 12.7. The van der Waals surface area contributed by atoms with Crippen molar-refractivity contribution >= 4 is 33.7 Å². The summed E-state index contributed by atoms with van der Waals surface area (Å²) in [6.45, 7) is 0. The molecule has 0 amide bonds. The van der Waals surface area contributed by atoms with Gasteiger partial charge in [0.15, 0.2) is 11.5 Å². The molecule has 0 saturated heterocycles. The Morgan fingerprint density at radius 2 is 1.71 bits per heavy atom.